The normalized spacial score (nSPS) is 13.9. The lowest BCUT2D eigenvalue weighted by molar-refractivity contribution is 0.416. The highest BCUT2D eigenvalue weighted by Gasteiger charge is 2.17. The van der Waals surface area contributed by atoms with E-state index < -0.39 is 0 Å². The predicted molar refractivity (Wildman–Crippen MR) is 115 cm³/mol. The second kappa shape index (κ2) is 8.26. The van der Waals surface area contributed by atoms with Crippen LogP contribution >= 0.6 is 0 Å². The predicted octanol–water partition coefficient (Wildman–Crippen LogP) is 3.54. The topological polar surface area (TPSA) is 101 Å². The highest BCUT2D eigenvalue weighted by molar-refractivity contribution is 6.13. The first kappa shape index (κ1) is 18.9. The molecule has 0 atom stereocenters. The highest BCUT2D eigenvalue weighted by Crippen LogP contribution is 2.31. The molecule has 2 aromatic heterocycles. The summed E-state index contributed by atoms with van der Waals surface area (Å²) in [5.74, 6) is 1.58. The lowest BCUT2D eigenvalue weighted by Crippen LogP contribution is -2.30. The minimum absolute atomic E-state index is 0.271. The van der Waals surface area contributed by atoms with Gasteiger partial charge in [0.05, 0.1) is 18.5 Å². The summed E-state index contributed by atoms with van der Waals surface area (Å²) in [6.45, 7) is 1.98. The van der Waals surface area contributed by atoms with Crippen molar-refractivity contribution in [3.05, 3.63) is 60.3 Å². The van der Waals surface area contributed by atoms with Crippen molar-refractivity contribution in [1.82, 2.24) is 15.0 Å². The lowest BCUT2D eigenvalue weighted by atomic mass is 9.98. The molecule has 0 saturated carbocycles. The zero-order chi connectivity index (χ0) is 20.2. The van der Waals surface area contributed by atoms with Crippen LogP contribution in [-0.2, 0) is 0 Å². The van der Waals surface area contributed by atoms with Crippen molar-refractivity contribution < 1.29 is 4.74 Å². The minimum atomic E-state index is 0.271. The van der Waals surface area contributed by atoms with E-state index in [-0.39, 0.29) is 5.71 Å². The molecule has 4 rings (SSSR count). The zero-order valence-corrected chi connectivity index (χ0v) is 16.4. The maximum Gasteiger partial charge on any atom is 0.132 e. The van der Waals surface area contributed by atoms with E-state index in [1.54, 1.807) is 25.6 Å². The van der Waals surface area contributed by atoms with Gasteiger partial charge in [0.2, 0.25) is 0 Å². The number of hydrogen-bond acceptors (Lipinski definition) is 7. The van der Waals surface area contributed by atoms with E-state index in [4.69, 9.17) is 15.9 Å². The van der Waals surface area contributed by atoms with Crippen LogP contribution in [0.15, 0.2) is 49.1 Å². The molecule has 1 saturated heterocycles. The van der Waals surface area contributed by atoms with Gasteiger partial charge in [-0.15, -0.1) is 0 Å². The Morgan fingerprint density at radius 1 is 1.10 bits per heavy atom. The lowest BCUT2D eigenvalue weighted by Gasteiger charge is -2.27. The van der Waals surface area contributed by atoms with E-state index in [1.807, 2.05) is 24.3 Å². The highest BCUT2D eigenvalue weighted by atomic mass is 16.5. The fraction of sp³-hybridized carbons (Fsp3) is 0.273. The molecular weight excluding hydrogens is 364 g/mol. The van der Waals surface area contributed by atoms with Crippen LogP contribution in [0.1, 0.15) is 30.5 Å². The van der Waals surface area contributed by atoms with Gasteiger partial charge in [0.15, 0.2) is 0 Å². The molecule has 0 bridgehead atoms. The molecule has 0 spiro atoms. The van der Waals surface area contributed by atoms with Gasteiger partial charge in [-0.05, 0) is 43.0 Å². The summed E-state index contributed by atoms with van der Waals surface area (Å²) in [4.78, 5) is 15.2. The van der Waals surface area contributed by atoms with Gasteiger partial charge in [0.1, 0.15) is 17.9 Å². The molecule has 7 heteroatoms. The van der Waals surface area contributed by atoms with Gasteiger partial charge in [-0.2, -0.15) is 0 Å². The number of nitrogens with two attached hydrogens (primary N) is 1. The van der Waals surface area contributed by atoms with E-state index in [1.165, 1.54) is 25.6 Å². The van der Waals surface area contributed by atoms with Gasteiger partial charge in [0, 0.05) is 48.4 Å². The summed E-state index contributed by atoms with van der Waals surface area (Å²) in [7, 11) is 1.63. The molecule has 0 radical (unpaired) electrons. The maximum absolute atomic E-state index is 8.74. The number of aromatic nitrogens is 3. The molecule has 1 aliphatic rings. The SMILES string of the molecule is COc1ccncc1-c1ccc(N)c(C(=N)c2cc(N3CCCCC3)ncn2)c1. The molecule has 3 aromatic rings. The number of methoxy groups -OCH3 is 1. The van der Waals surface area contributed by atoms with E-state index in [2.05, 4.69) is 19.9 Å². The number of nitrogen functional groups attached to an aromatic ring is 1. The number of benzene rings is 1. The van der Waals surface area contributed by atoms with E-state index in [0.29, 0.717) is 16.9 Å². The molecule has 0 aliphatic carbocycles. The average Bonchev–Trinajstić information content (AvgIpc) is 2.79. The number of rotatable bonds is 5. The number of hydrogen-bond donors (Lipinski definition) is 2. The van der Waals surface area contributed by atoms with Crippen molar-refractivity contribution >= 4 is 17.2 Å². The van der Waals surface area contributed by atoms with Crippen LogP contribution < -0.4 is 15.4 Å². The van der Waals surface area contributed by atoms with Gasteiger partial charge in [-0.1, -0.05) is 6.07 Å². The summed E-state index contributed by atoms with van der Waals surface area (Å²) >= 11 is 0. The third-order valence-corrected chi connectivity index (χ3v) is 5.22. The smallest absolute Gasteiger partial charge is 0.132 e. The third-order valence-electron chi connectivity index (χ3n) is 5.22. The van der Waals surface area contributed by atoms with Crippen LogP contribution in [-0.4, -0.2) is 40.9 Å². The molecule has 148 valence electrons. The van der Waals surface area contributed by atoms with E-state index in [9.17, 15) is 0 Å². The summed E-state index contributed by atoms with van der Waals surface area (Å²) in [5, 5.41) is 8.74. The monoisotopic (exact) mass is 388 g/mol. The molecular formula is C22H24N6O. The molecule has 0 unspecified atom stereocenters. The van der Waals surface area contributed by atoms with E-state index >= 15 is 0 Å². The standard InChI is InChI=1S/C22H24N6O/c1-29-20-7-8-25-13-17(20)15-5-6-18(23)16(11-15)22(24)19-12-21(27-14-26-19)28-9-3-2-4-10-28/h5-8,11-14,24H,2-4,9-10,23H2,1H3. The number of anilines is 2. The fourth-order valence-electron chi connectivity index (χ4n) is 3.63. The Bertz CT molecular complexity index is 1030. The quantitative estimate of drug-likeness (QED) is 0.512. The van der Waals surface area contributed by atoms with Crippen molar-refractivity contribution in [2.75, 3.05) is 30.8 Å². The average molecular weight is 388 g/mol. The Hall–Kier alpha value is -3.48. The Labute approximate surface area is 170 Å². The zero-order valence-electron chi connectivity index (χ0n) is 16.4. The van der Waals surface area contributed by atoms with Crippen molar-refractivity contribution in [3.63, 3.8) is 0 Å². The van der Waals surface area contributed by atoms with Gasteiger partial charge in [0.25, 0.3) is 0 Å². The number of pyridine rings is 1. The number of piperidine rings is 1. The second-order valence-corrected chi connectivity index (χ2v) is 7.06. The van der Waals surface area contributed by atoms with Crippen LogP contribution in [0.25, 0.3) is 11.1 Å². The number of nitrogens with zero attached hydrogens (tertiary/aromatic N) is 4. The molecule has 7 nitrogen and oxygen atoms in total. The summed E-state index contributed by atoms with van der Waals surface area (Å²) in [5.41, 5.74) is 9.93. The van der Waals surface area contributed by atoms with Crippen molar-refractivity contribution in [2.24, 2.45) is 0 Å². The van der Waals surface area contributed by atoms with Crippen LogP contribution in [0.5, 0.6) is 5.75 Å². The number of nitrogens with one attached hydrogen (secondary N) is 1. The molecule has 3 N–H and O–H groups in total. The van der Waals surface area contributed by atoms with Crippen LogP contribution in [0.3, 0.4) is 0 Å². The van der Waals surface area contributed by atoms with Crippen molar-refractivity contribution in [3.8, 4) is 16.9 Å². The molecule has 0 amide bonds. The summed E-state index contributed by atoms with van der Waals surface area (Å²) in [6.07, 6.45) is 8.54. The Morgan fingerprint density at radius 3 is 2.72 bits per heavy atom. The maximum atomic E-state index is 8.74. The minimum Gasteiger partial charge on any atom is -0.496 e. The van der Waals surface area contributed by atoms with Gasteiger partial charge >= 0.3 is 0 Å². The van der Waals surface area contributed by atoms with E-state index in [0.717, 1.165) is 35.8 Å². The first-order valence-corrected chi connectivity index (χ1v) is 9.71. The van der Waals surface area contributed by atoms with Gasteiger partial charge < -0.3 is 15.4 Å². The first-order valence-electron chi connectivity index (χ1n) is 9.71. The second-order valence-electron chi connectivity index (χ2n) is 7.06. The third kappa shape index (κ3) is 3.89. The van der Waals surface area contributed by atoms with Crippen molar-refractivity contribution in [2.45, 2.75) is 19.3 Å². The Kier molecular flexibility index (Phi) is 5.37. The molecule has 1 fully saturated rings. The fourth-order valence-corrected chi connectivity index (χ4v) is 3.63. The van der Waals surface area contributed by atoms with Crippen LogP contribution in [0.2, 0.25) is 0 Å². The Morgan fingerprint density at radius 2 is 1.93 bits per heavy atom. The summed E-state index contributed by atoms with van der Waals surface area (Å²) in [6, 6.07) is 9.29. The first-order chi connectivity index (χ1) is 14.2. The number of ether oxygens (including phenoxy) is 1. The summed E-state index contributed by atoms with van der Waals surface area (Å²) < 4.78 is 5.45. The van der Waals surface area contributed by atoms with Crippen LogP contribution in [0.4, 0.5) is 11.5 Å². The Balaban J connectivity index is 1.69. The largest absolute Gasteiger partial charge is 0.496 e. The van der Waals surface area contributed by atoms with Gasteiger partial charge in [-0.3, -0.25) is 10.4 Å². The molecule has 3 heterocycles. The van der Waals surface area contributed by atoms with Crippen molar-refractivity contribution in [1.29, 1.82) is 5.41 Å². The molecule has 1 aromatic carbocycles. The van der Waals surface area contributed by atoms with Crippen LogP contribution in [0, 0.1) is 5.41 Å². The van der Waals surface area contributed by atoms with Gasteiger partial charge in [-0.25, -0.2) is 9.97 Å². The molecule has 29 heavy (non-hydrogen) atoms. The molecule has 1 aliphatic heterocycles.